The van der Waals surface area contributed by atoms with Crippen molar-refractivity contribution in [3.8, 4) is 0 Å². The van der Waals surface area contributed by atoms with Gasteiger partial charge in [-0.1, -0.05) is 0 Å². The molecule has 1 heterocycles. The van der Waals surface area contributed by atoms with Gasteiger partial charge in [0.15, 0.2) is 0 Å². The molecule has 0 aromatic heterocycles. The minimum atomic E-state index is -0.0214. The molecular weight excluding hydrogens is 142 g/mol. The molecule has 1 aliphatic rings. The van der Waals surface area contributed by atoms with Crippen LogP contribution in [0.15, 0.2) is 0 Å². The molecule has 0 aromatic carbocycles. The molecule has 63 valence electrons. The number of rotatable bonds is 2. The zero-order valence-electron chi connectivity index (χ0n) is 6.76. The maximum absolute atomic E-state index is 10.9. The molecule has 1 rings (SSSR count). The molecule has 0 aliphatic carbocycles. The number of amides is 1. The summed E-state index contributed by atoms with van der Waals surface area (Å²) in [4.78, 5) is 12.9. The van der Waals surface area contributed by atoms with Gasteiger partial charge in [0.1, 0.15) is 6.54 Å². The van der Waals surface area contributed by atoms with E-state index in [1.807, 2.05) is 4.90 Å². The molecule has 4 nitrogen and oxygen atoms in total. The van der Waals surface area contributed by atoms with Crippen molar-refractivity contribution in [2.75, 3.05) is 33.2 Å². The molecule has 1 amide bonds. The fraction of sp³-hybridized carbons (Fsp3) is 0.714. The summed E-state index contributed by atoms with van der Waals surface area (Å²) in [6, 6.07) is 0. The molecule has 1 saturated heterocycles. The van der Waals surface area contributed by atoms with Crippen molar-refractivity contribution in [3.05, 3.63) is 6.54 Å². The van der Waals surface area contributed by atoms with Gasteiger partial charge in [-0.2, -0.15) is 0 Å². The zero-order chi connectivity index (χ0) is 8.10. The van der Waals surface area contributed by atoms with Crippen LogP contribution < -0.4 is 10.6 Å². The van der Waals surface area contributed by atoms with Crippen LogP contribution in [0.25, 0.3) is 0 Å². The zero-order valence-corrected chi connectivity index (χ0v) is 6.76. The first-order valence-corrected chi connectivity index (χ1v) is 3.84. The predicted molar refractivity (Wildman–Crippen MR) is 42.8 cm³/mol. The van der Waals surface area contributed by atoms with Crippen LogP contribution in [-0.2, 0) is 4.79 Å². The number of piperazine rings is 1. The normalized spacial score (nSPS) is 19.7. The highest BCUT2D eigenvalue weighted by Crippen LogP contribution is 1.94. The summed E-state index contributed by atoms with van der Waals surface area (Å²) >= 11 is 0. The predicted octanol–water partition coefficient (Wildman–Crippen LogP) is -1.20. The Hall–Kier alpha value is -0.610. The summed E-state index contributed by atoms with van der Waals surface area (Å²) < 4.78 is 0. The quantitative estimate of drug-likeness (QED) is 0.528. The molecule has 1 fully saturated rings. The Morgan fingerprint density at radius 3 is 2.73 bits per heavy atom. The number of hydrogen-bond donors (Lipinski definition) is 2. The van der Waals surface area contributed by atoms with Gasteiger partial charge >= 0.3 is 0 Å². The summed E-state index contributed by atoms with van der Waals surface area (Å²) in [5.74, 6) is -0.0214. The second-order valence-corrected chi connectivity index (χ2v) is 2.53. The standard InChI is InChI=1S/C7H14N3O/c1-8-7(11)6-10-4-2-9-3-5-10/h6,9H,2-5H2,1H3,(H,8,11). The van der Waals surface area contributed by atoms with Gasteiger partial charge in [-0.05, 0) is 0 Å². The third-order valence-corrected chi connectivity index (χ3v) is 1.70. The third kappa shape index (κ3) is 2.86. The lowest BCUT2D eigenvalue weighted by molar-refractivity contribution is -0.119. The van der Waals surface area contributed by atoms with Crippen LogP contribution in [0.5, 0.6) is 0 Å². The van der Waals surface area contributed by atoms with Crippen LogP contribution in [0.1, 0.15) is 0 Å². The first-order chi connectivity index (χ1) is 5.33. The maximum Gasteiger partial charge on any atom is 0.239 e. The molecule has 1 radical (unpaired) electrons. The molecule has 1 aliphatic heterocycles. The van der Waals surface area contributed by atoms with Crippen LogP contribution >= 0.6 is 0 Å². The summed E-state index contributed by atoms with van der Waals surface area (Å²) in [7, 11) is 1.64. The van der Waals surface area contributed by atoms with E-state index < -0.39 is 0 Å². The van der Waals surface area contributed by atoms with Crippen LogP contribution in [0, 0.1) is 6.54 Å². The lowest BCUT2D eigenvalue weighted by atomic mass is 10.3. The van der Waals surface area contributed by atoms with E-state index in [2.05, 4.69) is 10.6 Å². The van der Waals surface area contributed by atoms with Gasteiger partial charge in [0.25, 0.3) is 0 Å². The minimum Gasteiger partial charge on any atom is -0.358 e. The van der Waals surface area contributed by atoms with E-state index in [4.69, 9.17) is 0 Å². The van der Waals surface area contributed by atoms with Crippen LogP contribution in [0.2, 0.25) is 0 Å². The van der Waals surface area contributed by atoms with Crippen molar-refractivity contribution in [1.29, 1.82) is 0 Å². The number of carbonyl (C=O) groups excluding carboxylic acids is 1. The molecule has 0 aromatic rings. The van der Waals surface area contributed by atoms with E-state index in [-0.39, 0.29) is 5.91 Å². The summed E-state index contributed by atoms with van der Waals surface area (Å²) in [6.07, 6.45) is 0. The number of likely N-dealkylation sites (N-methyl/N-ethyl adjacent to an activating group) is 1. The van der Waals surface area contributed by atoms with E-state index >= 15 is 0 Å². The smallest absolute Gasteiger partial charge is 0.239 e. The Morgan fingerprint density at radius 1 is 1.55 bits per heavy atom. The molecule has 0 unspecified atom stereocenters. The van der Waals surface area contributed by atoms with Crippen LogP contribution in [-0.4, -0.2) is 44.0 Å². The molecule has 11 heavy (non-hydrogen) atoms. The van der Waals surface area contributed by atoms with Crippen molar-refractivity contribution >= 4 is 5.91 Å². The summed E-state index contributed by atoms with van der Waals surface area (Å²) in [6.45, 7) is 5.41. The number of hydrogen-bond acceptors (Lipinski definition) is 3. The van der Waals surface area contributed by atoms with Crippen molar-refractivity contribution in [3.63, 3.8) is 0 Å². The number of nitrogens with one attached hydrogen (secondary N) is 2. The van der Waals surface area contributed by atoms with Crippen LogP contribution in [0.3, 0.4) is 0 Å². The lowest BCUT2D eigenvalue weighted by Gasteiger charge is -2.25. The first kappa shape index (κ1) is 8.49. The molecule has 0 atom stereocenters. The lowest BCUT2D eigenvalue weighted by Crippen LogP contribution is -2.44. The average Bonchev–Trinajstić information content (AvgIpc) is 2.06. The highest BCUT2D eigenvalue weighted by molar-refractivity contribution is 5.83. The van der Waals surface area contributed by atoms with Crippen molar-refractivity contribution in [1.82, 2.24) is 15.5 Å². The topological polar surface area (TPSA) is 44.4 Å². The van der Waals surface area contributed by atoms with Gasteiger partial charge < -0.3 is 10.6 Å². The molecule has 0 bridgehead atoms. The highest BCUT2D eigenvalue weighted by atomic mass is 16.1. The Bertz CT molecular complexity index is 132. The van der Waals surface area contributed by atoms with Crippen molar-refractivity contribution in [2.24, 2.45) is 0 Å². The van der Waals surface area contributed by atoms with Gasteiger partial charge in [-0.3, -0.25) is 9.69 Å². The molecule has 0 saturated carbocycles. The van der Waals surface area contributed by atoms with Gasteiger partial charge in [0.2, 0.25) is 5.91 Å². The number of nitrogens with zero attached hydrogens (tertiary/aromatic N) is 1. The largest absolute Gasteiger partial charge is 0.358 e. The van der Waals surface area contributed by atoms with Gasteiger partial charge in [-0.25, -0.2) is 0 Å². The van der Waals surface area contributed by atoms with Gasteiger partial charge in [-0.15, -0.1) is 0 Å². The first-order valence-electron chi connectivity index (χ1n) is 3.84. The second-order valence-electron chi connectivity index (χ2n) is 2.53. The van der Waals surface area contributed by atoms with Gasteiger partial charge in [0.05, 0.1) is 0 Å². The third-order valence-electron chi connectivity index (χ3n) is 1.70. The fourth-order valence-corrected chi connectivity index (χ4v) is 1.04. The Balaban J connectivity index is 2.19. The Labute approximate surface area is 66.9 Å². The van der Waals surface area contributed by atoms with Crippen molar-refractivity contribution in [2.45, 2.75) is 0 Å². The fourth-order valence-electron chi connectivity index (χ4n) is 1.04. The average molecular weight is 156 g/mol. The monoisotopic (exact) mass is 156 g/mol. The van der Waals surface area contributed by atoms with E-state index in [1.54, 1.807) is 13.6 Å². The maximum atomic E-state index is 10.9. The summed E-state index contributed by atoms with van der Waals surface area (Å²) in [5, 5.41) is 5.77. The molecule has 0 spiro atoms. The Kier molecular flexibility index (Phi) is 3.32. The van der Waals surface area contributed by atoms with Crippen molar-refractivity contribution < 1.29 is 4.79 Å². The number of carbonyl (C=O) groups is 1. The molecular formula is C7H14N3O. The Morgan fingerprint density at radius 2 is 2.18 bits per heavy atom. The highest BCUT2D eigenvalue weighted by Gasteiger charge is 2.12. The molecule has 2 N–H and O–H groups in total. The van der Waals surface area contributed by atoms with Crippen LogP contribution in [0.4, 0.5) is 0 Å². The van der Waals surface area contributed by atoms with E-state index in [0.29, 0.717) is 0 Å². The SMILES string of the molecule is CNC(=O)[CH]N1CCNCC1. The molecule has 4 heteroatoms. The summed E-state index contributed by atoms with van der Waals surface area (Å²) in [5.41, 5.74) is 0. The second kappa shape index (κ2) is 4.31. The van der Waals surface area contributed by atoms with E-state index in [1.165, 1.54) is 0 Å². The van der Waals surface area contributed by atoms with Gasteiger partial charge in [0, 0.05) is 33.2 Å². The van der Waals surface area contributed by atoms with E-state index in [0.717, 1.165) is 26.2 Å². The van der Waals surface area contributed by atoms with E-state index in [9.17, 15) is 4.79 Å². The minimum absolute atomic E-state index is 0.0214.